The molecule has 1 amide bonds. The minimum absolute atomic E-state index is 0.0639. The van der Waals surface area contributed by atoms with Gasteiger partial charge in [0.2, 0.25) is 5.16 Å². The lowest BCUT2D eigenvalue weighted by molar-refractivity contribution is -0.139. The highest BCUT2D eigenvalue weighted by Gasteiger charge is 2.29. The number of aliphatic carboxylic acids is 1. The average Bonchev–Trinajstić information content (AvgIpc) is 3.04. The standard InChI is InChI=1S/C15H26N6O3S/c1-4-20(5-2)15(24)25-14-17-18-19-21(14)12-8-6-7-11(9-12)16-10(3)13(22)23/h10-12,16H,4-9H2,1-3H3,(H,22,23). The number of nitrogens with one attached hydrogen (secondary N) is 1. The van der Waals surface area contributed by atoms with E-state index in [1.54, 1.807) is 16.5 Å². The topological polar surface area (TPSA) is 113 Å². The molecular formula is C15H26N6O3S. The predicted molar refractivity (Wildman–Crippen MR) is 93.5 cm³/mol. The Morgan fingerprint density at radius 2 is 2.12 bits per heavy atom. The molecule has 2 N–H and O–H groups in total. The summed E-state index contributed by atoms with van der Waals surface area (Å²) in [5, 5.41) is 24.4. The molecule has 1 saturated carbocycles. The summed E-state index contributed by atoms with van der Waals surface area (Å²) >= 11 is 1.05. The molecule has 1 fully saturated rings. The quantitative estimate of drug-likeness (QED) is 0.698. The molecule has 3 atom stereocenters. The zero-order chi connectivity index (χ0) is 18.4. The maximum absolute atomic E-state index is 12.3. The smallest absolute Gasteiger partial charge is 0.320 e. The van der Waals surface area contributed by atoms with Crippen LogP contribution in [0.15, 0.2) is 5.16 Å². The molecule has 1 aromatic heterocycles. The van der Waals surface area contributed by atoms with Crippen molar-refractivity contribution in [1.82, 2.24) is 30.4 Å². The Hall–Kier alpha value is -1.68. The first-order valence-electron chi connectivity index (χ1n) is 8.69. The highest BCUT2D eigenvalue weighted by molar-refractivity contribution is 8.13. The first kappa shape index (κ1) is 19.6. The van der Waals surface area contributed by atoms with Gasteiger partial charge in [-0.15, -0.1) is 5.10 Å². The van der Waals surface area contributed by atoms with Gasteiger partial charge in [0.1, 0.15) is 6.04 Å². The summed E-state index contributed by atoms with van der Waals surface area (Å²) in [4.78, 5) is 25.1. The Kier molecular flexibility index (Phi) is 7.18. The van der Waals surface area contributed by atoms with Crippen LogP contribution in [-0.2, 0) is 4.79 Å². The molecule has 25 heavy (non-hydrogen) atoms. The van der Waals surface area contributed by atoms with Gasteiger partial charge in [-0.3, -0.25) is 9.59 Å². The predicted octanol–water partition coefficient (Wildman–Crippen LogP) is 1.77. The van der Waals surface area contributed by atoms with E-state index in [0.717, 1.165) is 37.4 Å². The SMILES string of the molecule is CCN(CC)C(=O)Sc1nnnn1C1CCCC(NC(C)C(=O)O)C1. The minimum atomic E-state index is -0.856. The number of carbonyl (C=O) groups excluding carboxylic acids is 1. The minimum Gasteiger partial charge on any atom is -0.480 e. The van der Waals surface area contributed by atoms with Crippen molar-refractivity contribution in [1.29, 1.82) is 0 Å². The van der Waals surface area contributed by atoms with Gasteiger partial charge < -0.3 is 15.3 Å². The van der Waals surface area contributed by atoms with Gasteiger partial charge in [0, 0.05) is 30.9 Å². The molecule has 1 aromatic rings. The monoisotopic (exact) mass is 370 g/mol. The lowest BCUT2D eigenvalue weighted by atomic mass is 9.90. The Morgan fingerprint density at radius 1 is 1.40 bits per heavy atom. The van der Waals surface area contributed by atoms with Gasteiger partial charge in [-0.1, -0.05) is 0 Å². The molecule has 9 nitrogen and oxygen atoms in total. The van der Waals surface area contributed by atoms with Crippen molar-refractivity contribution in [2.24, 2.45) is 0 Å². The lowest BCUT2D eigenvalue weighted by Crippen LogP contribution is -2.44. The van der Waals surface area contributed by atoms with Crippen LogP contribution in [0.25, 0.3) is 0 Å². The molecule has 0 radical (unpaired) electrons. The molecule has 140 valence electrons. The molecule has 10 heteroatoms. The fourth-order valence-corrected chi connectivity index (χ4v) is 3.97. The van der Waals surface area contributed by atoms with Crippen molar-refractivity contribution >= 4 is 23.0 Å². The van der Waals surface area contributed by atoms with Gasteiger partial charge in [0.25, 0.3) is 5.24 Å². The van der Waals surface area contributed by atoms with Crippen molar-refractivity contribution in [3.63, 3.8) is 0 Å². The maximum Gasteiger partial charge on any atom is 0.320 e. The van der Waals surface area contributed by atoms with Crippen LogP contribution in [0, 0.1) is 0 Å². The number of hydrogen-bond acceptors (Lipinski definition) is 7. The molecule has 3 unspecified atom stereocenters. The first-order chi connectivity index (χ1) is 12.0. The Balaban J connectivity index is 2.03. The van der Waals surface area contributed by atoms with E-state index in [1.807, 2.05) is 13.8 Å². The summed E-state index contributed by atoms with van der Waals surface area (Å²) in [6.45, 7) is 6.81. The number of hydrogen-bond donors (Lipinski definition) is 2. The Bertz CT molecular complexity index is 592. The summed E-state index contributed by atoms with van der Waals surface area (Å²) in [7, 11) is 0. The second kappa shape index (κ2) is 9.14. The lowest BCUT2D eigenvalue weighted by Gasteiger charge is -2.31. The van der Waals surface area contributed by atoms with Crippen LogP contribution in [0.2, 0.25) is 0 Å². The fraction of sp³-hybridized carbons (Fsp3) is 0.800. The van der Waals surface area contributed by atoms with E-state index < -0.39 is 12.0 Å². The number of thioether (sulfide) groups is 1. The van der Waals surface area contributed by atoms with Crippen LogP contribution in [0.1, 0.15) is 52.5 Å². The summed E-state index contributed by atoms with van der Waals surface area (Å²) in [5.41, 5.74) is 0. The number of nitrogens with zero attached hydrogens (tertiary/aromatic N) is 5. The van der Waals surface area contributed by atoms with Crippen molar-refractivity contribution in [2.45, 2.75) is 69.7 Å². The van der Waals surface area contributed by atoms with E-state index in [1.165, 1.54) is 0 Å². The Morgan fingerprint density at radius 3 is 2.76 bits per heavy atom. The number of carboxylic acid groups (broad SMARTS) is 1. The van der Waals surface area contributed by atoms with Crippen LogP contribution in [0.4, 0.5) is 4.79 Å². The Labute approximate surface area is 151 Å². The van der Waals surface area contributed by atoms with E-state index >= 15 is 0 Å². The third-order valence-electron chi connectivity index (χ3n) is 4.51. The van der Waals surface area contributed by atoms with E-state index in [0.29, 0.717) is 18.2 Å². The largest absolute Gasteiger partial charge is 0.480 e. The van der Waals surface area contributed by atoms with Crippen LogP contribution in [0.5, 0.6) is 0 Å². The number of rotatable bonds is 7. The van der Waals surface area contributed by atoms with Crippen molar-refractivity contribution in [3.05, 3.63) is 0 Å². The van der Waals surface area contributed by atoms with Crippen LogP contribution >= 0.6 is 11.8 Å². The zero-order valence-electron chi connectivity index (χ0n) is 14.9. The molecule has 1 aliphatic carbocycles. The van der Waals surface area contributed by atoms with E-state index in [4.69, 9.17) is 5.11 Å². The highest BCUT2D eigenvalue weighted by atomic mass is 32.2. The fourth-order valence-electron chi connectivity index (χ4n) is 3.07. The summed E-state index contributed by atoms with van der Waals surface area (Å²) in [6, 6.07) is -0.421. The summed E-state index contributed by atoms with van der Waals surface area (Å²) in [6.07, 6.45) is 3.55. The van der Waals surface area contributed by atoms with Gasteiger partial charge in [-0.05, 0) is 56.9 Å². The molecule has 0 bridgehead atoms. The number of carbonyl (C=O) groups is 2. The summed E-state index contributed by atoms with van der Waals surface area (Å²) < 4.78 is 1.71. The summed E-state index contributed by atoms with van der Waals surface area (Å²) in [5.74, 6) is -0.856. The molecule has 0 aliphatic heterocycles. The first-order valence-corrected chi connectivity index (χ1v) is 9.51. The highest BCUT2D eigenvalue weighted by Crippen LogP contribution is 2.31. The maximum atomic E-state index is 12.3. The second-order valence-electron chi connectivity index (χ2n) is 6.19. The van der Waals surface area contributed by atoms with E-state index in [-0.39, 0.29) is 17.3 Å². The average molecular weight is 370 g/mol. The van der Waals surface area contributed by atoms with Crippen molar-refractivity contribution in [2.75, 3.05) is 13.1 Å². The van der Waals surface area contributed by atoms with Crippen LogP contribution in [0.3, 0.4) is 0 Å². The molecule has 1 aliphatic rings. The van der Waals surface area contributed by atoms with E-state index in [9.17, 15) is 9.59 Å². The number of aromatic nitrogens is 4. The molecule has 0 saturated heterocycles. The number of carboxylic acids is 1. The number of tetrazole rings is 1. The van der Waals surface area contributed by atoms with Gasteiger partial charge in [-0.2, -0.15) is 0 Å². The van der Waals surface area contributed by atoms with Gasteiger partial charge in [0.15, 0.2) is 0 Å². The third-order valence-corrected chi connectivity index (χ3v) is 5.40. The van der Waals surface area contributed by atoms with Crippen LogP contribution < -0.4 is 5.32 Å². The normalized spacial score (nSPS) is 21.7. The van der Waals surface area contributed by atoms with Gasteiger partial charge >= 0.3 is 5.97 Å². The molecule has 0 spiro atoms. The van der Waals surface area contributed by atoms with Crippen LogP contribution in [-0.4, -0.2) is 66.6 Å². The van der Waals surface area contributed by atoms with E-state index in [2.05, 4.69) is 20.8 Å². The zero-order valence-corrected chi connectivity index (χ0v) is 15.7. The van der Waals surface area contributed by atoms with Crippen molar-refractivity contribution in [3.8, 4) is 0 Å². The number of amides is 1. The molecular weight excluding hydrogens is 344 g/mol. The van der Waals surface area contributed by atoms with Crippen molar-refractivity contribution < 1.29 is 14.7 Å². The third kappa shape index (κ3) is 5.15. The van der Waals surface area contributed by atoms with Gasteiger partial charge in [0.05, 0.1) is 6.04 Å². The molecule has 2 rings (SSSR count). The molecule has 0 aromatic carbocycles. The second-order valence-corrected chi connectivity index (χ2v) is 7.11. The molecule has 1 heterocycles. The van der Waals surface area contributed by atoms with Gasteiger partial charge in [-0.25, -0.2) is 4.68 Å².